The van der Waals surface area contributed by atoms with Gasteiger partial charge in [0.15, 0.2) is 0 Å². The van der Waals surface area contributed by atoms with Crippen LogP contribution >= 0.6 is 23.2 Å². The SMILES string of the molecule is O=C(C1=CCC2CNCC1N2)N(Cc1cccc(Cl)c1Cl)C1CC1.O=CO. The number of carbonyl (C=O) groups excluding carboxylic acids is 1. The van der Waals surface area contributed by atoms with Gasteiger partial charge in [-0.1, -0.05) is 41.4 Å². The summed E-state index contributed by atoms with van der Waals surface area (Å²) in [5.41, 5.74) is 1.80. The van der Waals surface area contributed by atoms with Gasteiger partial charge in [-0.15, -0.1) is 0 Å². The van der Waals surface area contributed by atoms with Gasteiger partial charge < -0.3 is 20.6 Å². The van der Waals surface area contributed by atoms with E-state index in [4.69, 9.17) is 33.1 Å². The lowest BCUT2D eigenvalue weighted by Crippen LogP contribution is -2.59. The van der Waals surface area contributed by atoms with Crippen LogP contribution in [-0.4, -0.2) is 53.6 Å². The highest BCUT2D eigenvalue weighted by atomic mass is 35.5. The third-order valence-corrected chi connectivity index (χ3v) is 5.90. The second-order valence-corrected chi connectivity index (χ2v) is 7.74. The molecule has 1 amide bonds. The Morgan fingerprint density at radius 3 is 2.74 bits per heavy atom. The Morgan fingerprint density at radius 1 is 1.30 bits per heavy atom. The van der Waals surface area contributed by atoms with Crippen LogP contribution in [0.4, 0.5) is 0 Å². The molecule has 2 atom stereocenters. The number of amides is 1. The summed E-state index contributed by atoms with van der Waals surface area (Å²) in [5.74, 6) is 0.133. The molecule has 1 aromatic carbocycles. The number of nitrogens with one attached hydrogen (secondary N) is 2. The van der Waals surface area contributed by atoms with E-state index < -0.39 is 0 Å². The van der Waals surface area contributed by atoms with Crippen molar-refractivity contribution in [2.24, 2.45) is 0 Å². The molecule has 27 heavy (non-hydrogen) atoms. The second kappa shape index (κ2) is 9.06. The molecule has 0 radical (unpaired) electrons. The molecular formula is C19H23Cl2N3O3. The van der Waals surface area contributed by atoms with E-state index in [9.17, 15) is 4.79 Å². The van der Waals surface area contributed by atoms with Crippen molar-refractivity contribution < 1.29 is 14.7 Å². The van der Waals surface area contributed by atoms with Crippen LogP contribution in [0.25, 0.3) is 0 Å². The monoisotopic (exact) mass is 411 g/mol. The number of fused-ring (bicyclic) bond motifs is 2. The van der Waals surface area contributed by atoms with Crippen LogP contribution in [-0.2, 0) is 16.1 Å². The zero-order valence-corrected chi connectivity index (χ0v) is 16.3. The molecule has 2 bridgehead atoms. The van der Waals surface area contributed by atoms with Crippen molar-refractivity contribution in [3.05, 3.63) is 45.5 Å². The van der Waals surface area contributed by atoms with Gasteiger partial charge in [-0.05, 0) is 30.9 Å². The number of hydrogen-bond donors (Lipinski definition) is 3. The molecule has 6 nitrogen and oxygen atoms in total. The minimum atomic E-state index is -0.250. The number of halogens is 2. The zero-order chi connectivity index (χ0) is 19.4. The Kier molecular flexibility index (Phi) is 6.76. The molecule has 1 saturated carbocycles. The lowest BCUT2D eigenvalue weighted by atomic mass is 9.93. The summed E-state index contributed by atoms with van der Waals surface area (Å²) >= 11 is 12.5. The van der Waals surface area contributed by atoms with Gasteiger partial charge in [0.1, 0.15) is 0 Å². The summed E-state index contributed by atoms with van der Waals surface area (Å²) < 4.78 is 0. The molecular weight excluding hydrogens is 389 g/mol. The van der Waals surface area contributed by atoms with Gasteiger partial charge in [0, 0.05) is 37.3 Å². The number of carboxylic acid groups (broad SMARTS) is 1. The number of carbonyl (C=O) groups is 2. The van der Waals surface area contributed by atoms with E-state index in [1.165, 1.54) is 0 Å². The van der Waals surface area contributed by atoms with Crippen LogP contribution in [0.1, 0.15) is 24.8 Å². The molecule has 2 heterocycles. The van der Waals surface area contributed by atoms with E-state index in [2.05, 4.69) is 16.7 Å². The Morgan fingerprint density at radius 2 is 2.04 bits per heavy atom. The van der Waals surface area contributed by atoms with Crippen molar-refractivity contribution in [2.75, 3.05) is 13.1 Å². The van der Waals surface area contributed by atoms with E-state index in [1.807, 2.05) is 17.0 Å². The molecule has 3 aliphatic rings. The minimum Gasteiger partial charge on any atom is -0.483 e. The van der Waals surface area contributed by atoms with Crippen LogP contribution in [0.15, 0.2) is 29.8 Å². The Balaban J connectivity index is 0.000000659. The van der Waals surface area contributed by atoms with Gasteiger partial charge in [0.25, 0.3) is 12.4 Å². The molecule has 3 N–H and O–H groups in total. The molecule has 4 rings (SSSR count). The molecule has 1 aliphatic carbocycles. The van der Waals surface area contributed by atoms with Crippen LogP contribution in [0.3, 0.4) is 0 Å². The quantitative estimate of drug-likeness (QED) is 0.662. The first kappa shape index (κ1) is 20.1. The average Bonchev–Trinajstić information content (AvgIpc) is 3.49. The average molecular weight is 412 g/mol. The molecule has 1 saturated heterocycles. The maximum atomic E-state index is 13.2. The van der Waals surface area contributed by atoms with E-state index >= 15 is 0 Å². The summed E-state index contributed by atoms with van der Waals surface area (Å²) in [5, 5.41) is 14.9. The van der Waals surface area contributed by atoms with Gasteiger partial charge in [-0.25, -0.2) is 0 Å². The summed E-state index contributed by atoms with van der Waals surface area (Å²) in [6, 6.07) is 6.48. The highest BCUT2D eigenvalue weighted by Crippen LogP contribution is 2.34. The topological polar surface area (TPSA) is 81.7 Å². The predicted octanol–water partition coefficient (Wildman–Crippen LogP) is 2.45. The first-order valence-corrected chi connectivity index (χ1v) is 9.79. The van der Waals surface area contributed by atoms with Crippen molar-refractivity contribution in [1.29, 1.82) is 0 Å². The maximum Gasteiger partial charge on any atom is 0.290 e. The minimum absolute atomic E-state index is 0.112. The number of rotatable bonds is 4. The molecule has 146 valence electrons. The van der Waals surface area contributed by atoms with Gasteiger partial charge in [0.2, 0.25) is 0 Å². The number of hydrogen-bond acceptors (Lipinski definition) is 4. The number of benzene rings is 1. The fourth-order valence-electron chi connectivity index (χ4n) is 3.58. The van der Waals surface area contributed by atoms with Crippen LogP contribution < -0.4 is 10.6 Å². The van der Waals surface area contributed by atoms with Crippen LogP contribution in [0.5, 0.6) is 0 Å². The Hall–Kier alpha value is -1.60. The standard InChI is InChI=1S/C18H21Cl2N3O.CH2O2/c19-15-3-1-2-11(17(15)20)10-23(13-5-6-13)18(24)14-7-4-12-8-21-9-16(14)22-12;2-1-3/h1-3,7,12-13,16,21-22H,4-6,8-10H2;1H,(H,2,3). The number of nitrogens with zero attached hydrogens (tertiary/aromatic N) is 1. The van der Waals surface area contributed by atoms with E-state index in [0.717, 1.165) is 43.5 Å². The third-order valence-electron chi connectivity index (χ3n) is 5.04. The van der Waals surface area contributed by atoms with Crippen LogP contribution in [0, 0.1) is 0 Å². The Labute approximate surface area is 168 Å². The van der Waals surface area contributed by atoms with Crippen molar-refractivity contribution >= 4 is 35.6 Å². The third kappa shape index (κ3) is 4.82. The van der Waals surface area contributed by atoms with Crippen LogP contribution in [0.2, 0.25) is 10.0 Å². The molecule has 2 unspecified atom stereocenters. The van der Waals surface area contributed by atoms with Crippen molar-refractivity contribution in [3.8, 4) is 0 Å². The van der Waals surface area contributed by atoms with Crippen molar-refractivity contribution in [1.82, 2.24) is 15.5 Å². The molecule has 2 fully saturated rings. The van der Waals surface area contributed by atoms with Gasteiger partial charge in [-0.3, -0.25) is 9.59 Å². The highest BCUT2D eigenvalue weighted by molar-refractivity contribution is 6.42. The zero-order valence-electron chi connectivity index (χ0n) is 14.8. The highest BCUT2D eigenvalue weighted by Gasteiger charge is 2.38. The van der Waals surface area contributed by atoms with E-state index in [0.29, 0.717) is 28.7 Å². The summed E-state index contributed by atoms with van der Waals surface area (Å²) in [6.45, 7) is 2.05. The fraction of sp³-hybridized carbons (Fsp3) is 0.474. The first-order valence-electron chi connectivity index (χ1n) is 9.03. The Bertz CT molecular complexity index is 737. The summed E-state index contributed by atoms with van der Waals surface area (Å²) in [6.07, 6.45) is 5.16. The lowest BCUT2D eigenvalue weighted by Gasteiger charge is -2.38. The summed E-state index contributed by atoms with van der Waals surface area (Å²) in [4.78, 5) is 23.5. The number of piperazine rings is 1. The fourth-order valence-corrected chi connectivity index (χ4v) is 3.96. The van der Waals surface area contributed by atoms with E-state index in [-0.39, 0.29) is 18.4 Å². The first-order chi connectivity index (χ1) is 13.0. The van der Waals surface area contributed by atoms with Gasteiger partial charge in [0.05, 0.1) is 16.1 Å². The smallest absolute Gasteiger partial charge is 0.290 e. The molecule has 0 aromatic heterocycles. The predicted molar refractivity (Wildman–Crippen MR) is 105 cm³/mol. The van der Waals surface area contributed by atoms with E-state index in [1.54, 1.807) is 6.07 Å². The normalized spacial score (nSPS) is 23.6. The largest absolute Gasteiger partial charge is 0.483 e. The summed E-state index contributed by atoms with van der Waals surface area (Å²) in [7, 11) is 0. The molecule has 8 heteroatoms. The van der Waals surface area contributed by atoms with Gasteiger partial charge in [-0.2, -0.15) is 0 Å². The molecule has 2 aliphatic heterocycles. The molecule has 1 aromatic rings. The van der Waals surface area contributed by atoms with Gasteiger partial charge >= 0.3 is 0 Å². The maximum absolute atomic E-state index is 13.2. The van der Waals surface area contributed by atoms with Crippen molar-refractivity contribution in [3.63, 3.8) is 0 Å². The lowest BCUT2D eigenvalue weighted by molar-refractivity contribution is -0.129. The molecule has 0 spiro atoms. The van der Waals surface area contributed by atoms with Crippen molar-refractivity contribution in [2.45, 2.75) is 43.9 Å². The second-order valence-electron chi connectivity index (χ2n) is 6.95.